The van der Waals surface area contributed by atoms with Crippen LogP contribution in [0.25, 0.3) is 0 Å². The standard InChI is InChI=1S/C14H16O4.C13H14O4.2CH4.Na.H2O/c1-14(2,16)9-4-10-18-12-7-5-11(6-8-12)13(15)17-3;1-13(2,16)8-3-9-17-11-6-4-10(5-7-11)12(14)15;;;;/h5-8,16H,10H2,1-3H3;4-7,16H,9H2,1-2H3,(H,14,15);2*1H4;;1H2/q;;;;+1;/p-1. The first kappa shape index (κ1) is 43.0. The number of methoxy groups -OCH3 is 1. The van der Waals surface area contributed by atoms with Crippen molar-refractivity contribution in [1.82, 2.24) is 0 Å². The smallest absolute Gasteiger partial charge is 0.870 e. The molecular weight excluding hydrogens is 515 g/mol. The SMILES string of the molecule is C.C.CC(C)(O)C#CCOc1ccc(C(=O)O)cc1.COC(=O)c1ccc(OCC#CC(C)(C)O)cc1.[Na+].[OH-]. The maximum atomic E-state index is 11.2. The van der Waals surface area contributed by atoms with Crippen molar-refractivity contribution >= 4 is 11.9 Å². The fourth-order valence-electron chi connectivity index (χ4n) is 2.24. The summed E-state index contributed by atoms with van der Waals surface area (Å²) in [6, 6.07) is 12.6. The summed E-state index contributed by atoms with van der Waals surface area (Å²) < 4.78 is 15.2. The van der Waals surface area contributed by atoms with Gasteiger partial charge in [0.2, 0.25) is 0 Å². The molecule has 0 bridgehead atoms. The average molecular weight is 555 g/mol. The van der Waals surface area contributed by atoms with E-state index in [1.54, 1.807) is 64.1 Å². The summed E-state index contributed by atoms with van der Waals surface area (Å²) in [5.41, 5.74) is -1.37. The second kappa shape index (κ2) is 20.9. The Labute approximate surface area is 254 Å². The van der Waals surface area contributed by atoms with E-state index in [1.165, 1.54) is 19.2 Å². The van der Waals surface area contributed by atoms with Crippen LogP contribution < -0.4 is 39.0 Å². The first-order valence-electron chi connectivity index (χ1n) is 10.5. The van der Waals surface area contributed by atoms with Gasteiger partial charge >= 0.3 is 41.5 Å². The van der Waals surface area contributed by atoms with Crippen LogP contribution in [-0.2, 0) is 4.74 Å². The molecule has 0 spiro atoms. The fraction of sp³-hybridized carbons (Fsp3) is 0.379. The molecule has 210 valence electrons. The molecule has 0 atom stereocenters. The van der Waals surface area contributed by atoms with Gasteiger partial charge in [-0.25, -0.2) is 9.59 Å². The Hall–Kier alpha value is -3.02. The Kier molecular flexibility index (Phi) is 23.0. The van der Waals surface area contributed by atoms with Gasteiger partial charge in [-0.05, 0) is 76.2 Å². The number of hydrogen-bond donors (Lipinski definition) is 3. The predicted molar refractivity (Wildman–Crippen MR) is 146 cm³/mol. The zero-order valence-electron chi connectivity index (χ0n) is 21.9. The summed E-state index contributed by atoms with van der Waals surface area (Å²) in [4.78, 5) is 21.8. The number of carbonyl (C=O) groups excluding carboxylic acids is 1. The van der Waals surface area contributed by atoms with Gasteiger partial charge in [-0.2, -0.15) is 0 Å². The average Bonchev–Trinajstić information content (AvgIpc) is 2.79. The second-order valence-corrected chi connectivity index (χ2v) is 8.14. The van der Waals surface area contributed by atoms with Crippen molar-refractivity contribution in [2.45, 2.75) is 53.8 Å². The molecule has 0 radical (unpaired) electrons. The molecule has 4 N–H and O–H groups in total. The predicted octanol–water partition coefficient (Wildman–Crippen LogP) is 1.26. The summed E-state index contributed by atoms with van der Waals surface area (Å²) in [5, 5.41) is 27.4. The van der Waals surface area contributed by atoms with E-state index in [9.17, 15) is 19.8 Å². The van der Waals surface area contributed by atoms with Crippen molar-refractivity contribution in [3.05, 3.63) is 59.7 Å². The van der Waals surface area contributed by atoms with Gasteiger partial charge in [0.05, 0.1) is 18.2 Å². The van der Waals surface area contributed by atoms with Gasteiger partial charge in [-0.3, -0.25) is 0 Å². The summed E-state index contributed by atoms with van der Waals surface area (Å²) in [7, 11) is 1.33. The fourth-order valence-corrected chi connectivity index (χ4v) is 2.24. The van der Waals surface area contributed by atoms with Crippen molar-refractivity contribution in [1.29, 1.82) is 0 Å². The van der Waals surface area contributed by atoms with E-state index < -0.39 is 17.2 Å². The van der Waals surface area contributed by atoms with Gasteiger partial charge in [0.1, 0.15) is 35.9 Å². The molecule has 10 heteroatoms. The summed E-state index contributed by atoms with van der Waals surface area (Å²) in [6.45, 7) is 6.71. The molecule has 0 aromatic heterocycles. The summed E-state index contributed by atoms with van der Waals surface area (Å²) in [6.07, 6.45) is 0. The Bertz CT molecular complexity index is 1090. The van der Waals surface area contributed by atoms with Crippen molar-refractivity contribution in [2.75, 3.05) is 20.3 Å². The molecule has 0 heterocycles. The van der Waals surface area contributed by atoms with Crippen molar-refractivity contribution in [2.24, 2.45) is 0 Å². The molecule has 0 aliphatic heterocycles. The molecular formula is C29H39NaO9. The summed E-state index contributed by atoms with van der Waals surface area (Å²) >= 11 is 0. The maximum Gasteiger partial charge on any atom is 1.00 e. The molecule has 0 saturated heterocycles. The van der Waals surface area contributed by atoms with E-state index in [4.69, 9.17) is 14.6 Å². The number of carboxylic acids is 1. The molecule has 0 unspecified atom stereocenters. The van der Waals surface area contributed by atoms with E-state index in [1.807, 2.05) is 0 Å². The Morgan fingerprint density at radius 3 is 1.36 bits per heavy atom. The van der Waals surface area contributed by atoms with E-state index in [0.717, 1.165) is 0 Å². The van der Waals surface area contributed by atoms with Gasteiger partial charge in [0, 0.05) is 0 Å². The summed E-state index contributed by atoms with van der Waals surface area (Å²) in [5.74, 6) is 10.4. The van der Waals surface area contributed by atoms with Crippen LogP contribution in [0, 0.1) is 23.7 Å². The molecule has 2 aromatic rings. The molecule has 0 amide bonds. The Morgan fingerprint density at radius 1 is 0.744 bits per heavy atom. The topological polar surface area (TPSA) is 153 Å². The van der Waals surface area contributed by atoms with Crippen LogP contribution in [0.4, 0.5) is 0 Å². The molecule has 2 rings (SSSR count). The molecule has 9 nitrogen and oxygen atoms in total. The third-order valence-corrected chi connectivity index (χ3v) is 3.79. The van der Waals surface area contributed by atoms with Crippen molar-refractivity contribution in [3.8, 4) is 35.2 Å². The van der Waals surface area contributed by atoms with E-state index in [-0.39, 0.29) is 74.6 Å². The van der Waals surface area contributed by atoms with Crippen LogP contribution in [-0.4, -0.2) is 64.3 Å². The molecule has 0 aliphatic rings. The second-order valence-electron chi connectivity index (χ2n) is 8.14. The van der Waals surface area contributed by atoms with Crippen molar-refractivity contribution in [3.63, 3.8) is 0 Å². The first-order chi connectivity index (χ1) is 16.3. The van der Waals surface area contributed by atoms with Crippen LogP contribution in [0.1, 0.15) is 63.3 Å². The van der Waals surface area contributed by atoms with Gasteiger partial charge in [0.15, 0.2) is 0 Å². The van der Waals surface area contributed by atoms with Gasteiger partial charge in [-0.1, -0.05) is 38.5 Å². The number of ether oxygens (including phenoxy) is 3. The number of carboxylic acid groups (broad SMARTS) is 1. The normalized spacial score (nSPS) is 9.21. The molecule has 0 fully saturated rings. The number of aromatic carboxylic acids is 1. The van der Waals surface area contributed by atoms with Crippen molar-refractivity contribution < 1.29 is 74.2 Å². The first-order valence-corrected chi connectivity index (χ1v) is 10.5. The Morgan fingerprint density at radius 2 is 1.08 bits per heavy atom. The van der Waals surface area contributed by atoms with Crippen LogP contribution in [0.3, 0.4) is 0 Å². The largest absolute Gasteiger partial charge is 1.00 e. The zero-order chi connectivity index (χ0) is 26.5. The molecule has 39 heavy (non-hydrogen) atoms. The molecule has 2 aromatic carbocycles. The van der Waals surface area contributed by atoms with E-state index in [2.05, 4.69) is 28.4 Å². The third kappa shape index (κ3) is 20.6. The zero-order valence-corrected chi connectivity index (χ0v) is 23.9. The third-order valence-electron chi connectivity index (χ3n) is 3.79. The van der Waals surface area contributed by atoms with Crippen LogP contribution >= 0.6 is 0 Å². The number of esters is 1. The molecule has 0 saturated carbocycles. The minimum absolute atomic E-state index is 0. The quantitative estimate of drug-likeness (QED) is 0.272. The van der Waals surface area contributed by atoms with E-state index in [0.29, 0.717) is 17.1 Å². The van der Waals surface area contributed by atoms with Gasteiger partial charge in [0.25, 0.3) is 0 Å². The Balaban J connectivity index is -0.000000285. The molecule has 0 aliphatic carbocycles. The number of hydrogen-bond acceptors (Lipinski definition) is 8. The van der Waals surface area contributed by atoms with E-state index >= 15 is 0 Å². The van der Waals surface area contributed by atoms with Gasteiger partial charge < -0.3 is 35.0 Å². The number of carbonyl (C=O) groups is 2. The van der Waals surface area contributed by atoms with Gasteiger partial charge in [-0.15, -0.1) is 0 Å². The minimum atomic E-state index is -1.03. The number of benzene rings is 2. The maximum absolute atomic E-state index is 11.2. The minimum Gasteiger partial charge on any atom is -0.870 e. The van der Waals surface area contributed by atoms with Crippen LogP contribution in [0.15, 0.2) is 48.5 Å². The van der Waals surface area contributed by atoms with Crippen LogP contribution in [0.2, 0.25) is 0 Å². The monoisotopic (exact) mass is 554 g/mol. The number of rotatable bonds is 6. The van der Waals surface area contributed by atoms with Crippen LogP contribution in [0.5, 0.6) is 11.5 Å². The number of aliphatic hydroxyl groups is 2.